The molecule has 1 aromatic rings. The molecule has 0 aliphatic heterocycles. The predicted molar refractivity (Wildman–Crippen MR) is 59.3 cm³/mol. The third kappa shape index (κ3) is 3.90. The minimum Gasteiger partial charge on any atom is -0.497 e. The van der Waals surface area contributed by atoms with Crippen molar-refractivity contribution in [3.63, 3.8) is 0 Å². The van der Waals surface area contributed by atoms with E-state index in [0.717, 1.165) is 11.3 Å². The molecule has 0 amide bonds. The second kappa shape index (κ2) is 6.12. The summed E-state index contributed by atoms with van der Waals surface area (Å²) in [7, 11) is 3.13. The largest absolute Gasteiger partial charge is 0.497 e. The molecule has 0 N–H and O–H groups in total. The Hall–Kier alpha value is -1.55. The van der Waals surface area contributed by atoms with Crippen molar-refractivity contribution < 1.29 is 19.0 Å². The van der Waals surface area contributed by atoms with Crippen LogP contribution in [0.2, 0.25) is 0 Å². The van der Waals surface area contributed by atoms with Gasteiger partial charge in [-0.15, -0.1) is 0 Å². The van der Waals surface area contributed by atoms with E-state index in [1.165, 1.54) is 14.0 Å². The maximum absolute atomic E-state index is 10.8. The summed E-state index contributed by atoms with van der Waals surface area (Å²) in [4.78, 5) is 10.8. The molecule has 16 heavy (non-hydrogen) atoms. The van der Waals surface area contributed by atoms with Gasteiger partial charge < -0.3 is 14.2 Å². The van der Waals surface area contributed by atoms with Gasteiger partial charge >= 0.3 is 5.97 Å². The molecular weight excluding hydrogens is 208 g/mol. The molecule has 4 nitrogen and oxygen atoms in total. The topological polar surface area (TPSA) is 44.8 Å². The summed E-state index contributed by atoms with van der Waals surface area (Å²) >= 11 is 0. The second-order valence-corrected chi connectivity index (χ2v) is 3.33. The van der Waals surface area contributed by atoms with Crippen LogP contribution in [0.3, 0.4) is 0 Å². The van der Waals surface area contributed by atoms with E-state index in [9.17, 15) is 4.79 Å². The van der Waals surface area contributed by atoms with Gasteiger partial charge in [0.15, 0.2) is 0 Å². The van der Waals surface area contributed by atoms with Gasteiger partial charge in [-0.3, -0.25) is 4.79 Å². The molecule has 0 aromatic heterocycles. The van der Waals surface area contributed by atoms with Gasteiger partial charge in [-0.1, -0.05) is 12.1 Å². The first-order chi connectivity index (χ1) is 7.65. The minimum atomic E-state index is -0.536. The van der Waals surface area contributed by atoms with Crippen molar-refractivity contribution in [1.29, 1.82) is 0 Å². The summed E-state index contributed by atoms with van der Waals surface area (Å²) in [6, 6.07) is 7.54. The molecule has 0 fully saturated rings. The molecule has 0 radical (unpaired) electrons. The number of methoxy groups -OCH3 is 2. The number of hydrogen-bond donors (Lipinski definition) is 0. The number of rotatable bonds is 5. The van der Waals surface area contributed by atoms with Crippen LogP contribution in [-0.4, -0.2) is 26.5 Å². The van der Waals surface area contributed by atoms with E-state index in [4.69, 9.17) is 14.2 Å². The lowest BCUT2D eigenvalue weighted by Gasteiger charge is -2.15. The smallest absolute Gasteiger partial charge is 0.304 e. The summed E-state index contributed by atoms with van der Waals surface area (Å²) in [5.74, 6) is 0.450. The van der Waals surface area contributed by atoms with Crippen LogP contribution in [0.5, 0.6) is 5.75 Å². The molecule has 1 unspecified atom stereocenters. The van der Waals surface area contributed by atoms with Crippen LogP contribution in [-0.2, 0) is 20.7 Å². The zero-order chi connectivity index (χ0) is 12.0. The molecule has 1 rings (SSSR count). The molecular formula is C12H16O4. The third-order valence-electron chi connectivity index (χ3n) is 2.12. The van der Waals surface area contributed by atoms with Crippen LogP contribution in [0.1, 0.15) is 12.5 Å². The van der Waals surface area contributed by atoms with Gasteiger partial charge in [0.1, 0.15) is 5.75 Å². The predicted octanol–water partition coefficient (Wildman–Crippen LogP) is 1.77. The average Bonchev–Trinajstić information content (AvgIpc) is 2.28. The number of esters is 1. The molecule has 0 aliphatic carbocycles. The van der Waals surface area contributed by atoms with E-state index in [-0.39, 0.29) is 5.97 Å². The zero-order valence-corrected chi connectivity index (χ0v) is 9.73. The fourth-order valence-electron chi connectivity index (χ4n) is 1.31. The highest BCUT2D eigenvalue weighted by Gasteiger charge is 2.11. The van der Waals surface area contributed by atoms with Crippen LogP contribution in [0.15, 0.2) is 24.3 Å². The standard InChI is InChI=1S/C12H16O4/c1-9(13)16-12(15-3)8-10-4-6-11(14-2)7-5-10/h4-7,12H,8H2,1-3H3. The Morgan fingerprint density at radius 3 is 2.31 bits per heavy atom. The number of carbonyl (C=O) groups is 1. The molecule has 88 valence electrons. The van der Waals surface area contributed by atoms with Crippen LogP contribution in [0.4, 0.5) is 0 Å². The van der Waals surface area contributed by atoms with E-state index < -0.39 is 6.29 Å². The van der Waals surface area contributed by atoms with Crippen LogP contribution < -0.4 is 4.74 Å². The van der Waals surface area contributed by atoms with Gasteiger partial charge in [-0.2, -0.15) is 0 Å². The van der Waals surface area contributed by atoms with Gasteiger partial charge in [0, 0.05) is 20.5 Å². The average molecular weight is 224 g/mol. The van der Waals surface area contributed by atoms with Crippen LogP contribution in [0, 0.1) is 0 Å². The third-order valence-corrected chi connectivity index (χ3v) is 2.12. The summed E-state index contributed by atoms with van der Waals surface area (Å²) in [5, 5.41) is 0. The molecule has 0 heterocycles. The Morgan fingerprint density at radius 2 is 1.88 bits per heavy atom. The number of carbonyl (C=O) groups excluding carboxylic acids is 1. The molecule has 0 saturated heterocycles. The first-order valence-corrected chi connectivity index (χ1v) is 4.98. The van der Waals surface area contributed by atoms with Crippen molar-refractivity contribution in [3.8, 4) is 5.75 Å². The lowest BCUT2D eigenvalue weighted by atomic mass is 10.1. The molecule has 1 atom stereocenters. The number of benzene rings is 1. The maximum Gasteiger partial charge on any atom is 0.304 e. The molecule has 1 aromatic carbocycles. The fourth-order valence-corrected chi connectivity index (χ4v) is 1.31. The summed E-state index contributed by atoms with van der Waals surface area (Å²) in [5.41, 5.74) is 1.02. The molecule has 0 bridgehead atoms. The van der Waals surface area contributed by atoms with Crippen molar-refractivity contribution >= 4 is 5.97 Å². The quantitative estimate of drug-likeness (QED) is 0.565. The second-order valence-electron chi connectivity index (χ2n) is 3.33. The fraction of sp³-hybridized carbons (Fsp3) is 0.417. The summed E-state index contributed by atoms with van der Waals surface area (Å²) < 4.78 is 15.1. The van der Waals surface area contributed by atoms with E-state index >= 15 is 0 Å². The van der Waals surface area contributed by atoms with Crippen molar-refractivity contribution in [1.82, 2.24) is 0 Å². The molecule has 0 aliphatic rings. The lowest BCUT2D eigenvalue weighted by molar-refractivity contribution is -0.170. The molecule has 0 saturated carbocycles. The van der Waals surface area contributed by atoms with E-state index in [0.29, 0.717) is 6.42 Å². The zero-order valence-electron chi connectivity index (χ0n) is 9.73. The van der Waals surface area contributed by atoms with E-state index in [1.807, 2.05) is 24.3 Å². The molecule has 0 spiro atoms. The van der Waals surface area contributed by atoms with Crippen LogP contribution in [0.25, 0.3) is 0 Å². The van der Waals surface area contributed by atoms with E-state index in [1.54, 1.807) is 7.11 Å². The highest BCUT2D eigenvalue weighted by Crippen LogP contribution is 2.13. The van der Waals surface area contributed by atoms with Crippen molar-refractivity contribution in [2.45, 2.75) is 19.6 Å². The highest BCUT2D eigenvalue weighted by molar-refractivity contribution is 5.66. The van der Waals surface area contributed by atoms with Crippen molar-refractivity contribution in [2.75, 3.05) is 14.2 Å². The lowest BCUT2D eigenvalue weighted by Crippen LogP contribution is -2.20. The van der Waals surface area contributed by atoms with Gasteiger partial charge in [-0.05, 0) is 17.7 Å². The minimum absolute atomic E-state index is 0.347. The Kier molecular flexibility index (Phi) is 4.79. The van der Waals surface area contributed by atoms with E-state index in [2.05, 4.69) is 0 Å². The van der Waals surface area contributed by atoms with Gasteiger partial charge in [0.05, 0.1) is 7.11 Å². The SMILES string of the molecule is COc1ccc(CC(OC)OC(C)=O)cc1. The van der Waals surface area contributed by atoms with Gasteiger partial charge in [0.25, 0.3) is 0 Å². The van der Waals surface area contributed by atoms with Crippen molar-refractivity contribution in [2.24, 2.45) is 0 Å². The Bertz CT molecular complexity index is 331. The summed E-state index contributed by atoms with van der Waals surface area (Å²) in [6.07, 6.45) is -0.00836. The van der Waals surface area contributed by atoms with Gasteiger partial charge in [0.2, 0.25) is 6.29 Å². The Balaban J connectivity index is 2.59. The van der Waals surface area contributed by atoms with Crippen molar-refractivity contribution in [3.05, 3.63) is 29.8 Å². The first kappa shape index (κ1) is 12.5. The number of hydrogen-bond acceptors (Lipinski definition) is 4. The Labute approximate surface area is 95.1 Å². The van der Waals surface area contributed by atoms with Gasteiger partial charge in [-0.25, -0.2) is 0 Å². The monoisotopic (exact) mass is 224 g/mol. The van der Waals surface area contributed by atoms with Crippen LogP contribution >= 0.6 is 0 Å². The highest BCUT2D eigenvalue weighted by atomic mass is 16.7. The molecule has 4 heteroatoms. The maximum atomic E-state index is 10.8. The Morgan fingerprint density at radius 1 is 1.25 bits per heavy atom. The first-order valence-electron chi connectivity index (χ1n) is 4.98. The summed E-state index contributed by atoms with van der Waals surface area (Å²) in [6.45, 7) is 1.36. The normalized spacial score (nSPS) is 11.9. The number of ether oxygens (including phenoxy) is 3.